The van der Waals surface area contributed by atoms with Crippen molar-refractivity contribution in [1.29, 1.82) is 0 Å². The van der Waals surface area contributed by atoms with E-state index in [1.54, 1.807) is 19.9 Å². The van der Waals surface area contributed by atoms with Crippen molar-refractivity contribution in [3.63, 3.8) is 0 Å². The molecule has 21 heavy (non-hydrogen) atoms. The fraction of sp³-hybridized carbons (Fsp3) is 0.333. The quantitative estimate of drug-likeness (QED) is 0.767. The molecule has 0 atom stereocenters. The lowest BCUT2D eigenvalue weighted by Gasteiger charge is -2.10. The first-order chi connectivity index (χ1) is 9.79. The third kappa shape index (κ3) is 3.80. The first-order valence-corrected chi connectivity index (χ1v) is 8.41. The zero-order chi connectivity index (χ0) is 15.6. The van der Waals surface area contributed by atoms with Crippen LogP contribution in [0.4, 0.5) is 5.69 Å². The van der Waals surface area contributed by atoms with Crippen LogP contribution in [0, 0.1) is 13.8 Å². The maximum Gasteiger partial charge on any atom is 0.240 e. The van der Waals surface area contributed by atoms with Gasteiger partial charge in [0.05, 0.1) is 4.90 Å². The van der Waals surface area contributed by atoms with Crippen molar-refractivity contribution in [2.45, 2.75) is 25.2 Å². The molecule has 0 saturated carbocycles. The van der Waals surface area contributed by atoms with Crippen LogP contribution in [0.5, 0.6) is 0 Å². The van der Waals surface area contributed by atoms with E-state index in [0.717, 1.165) is 0 Å². The van der Waals surface area contributed by atoms with E-state index in [1.807, 2.05) is 0 Å². The summed E-state index contributed by atoms with van der Waals surface area (Å²) in [7, 11) is -3.63. The summed E-state index contributed by atoms with van der Waals surface area (Å²) in [5.41, 5.74) is 6.72. The van der Waals surface area contributed by atoms with Crippen LogP contribution in [-0.2, 0) is 16.4 Å². The van der Waals surface area contributed by atoms with Crippen molar-refractivity contribution < 1.29 is 12.9 Å². The predicted molar refractivity (Wildman–Crippen MR) is 81.2 cm³/mol. The summed E-state index contributed by atoms with van der Waals surface area (Å²) in [6.45, 7) is 3.56. The minimum absolute atomic E-state index is 0.160. The van der Waals surface area contributed by atoms with E-state index >= 15 is 0 Å². The van der Waals surface area contributed by atoms with Gasteiger partial charge < -0.3 is 10.3 Å². The predicted octanol–water partition coefficient (Wildman–Crippen LogP) is 1.55. The molecular formula is C12H15BrN4O3S. The fourth-order valence-electron chi connectivity index (χ4n) is 1.78. The minimum Gasteiger partial charge on any atom is -0.398 e. The molecule has 0 amide bonds. The molecule has 9 heteroatoms. The highest BCUT2D eigenvalue weighted by Crippen LogP contribution is 2.26. The number of hydrogen-bond acceptors (Lipinski definition) is 6. The average molecular weight is 375 g/mol. The molecule has 2 rings (SSSR count). The smallest absolute Gasteiger partial charge is 0.240 e. The standard InChI is InChI=1S/C12H15BrN4O3S/c1-7-5-9(13)10(14)6-11(7)21(18,19)15-4-3-12-16-8(2)20-17-12/h5-6,15H,3-4,14H2,1-2H3. The average Bonchev–Trinajstić information content (AvgIpc) is 2.79. The summed E-state index contributed by atoms with van der Waals surface area (Å²) in [4.78, 5) is 4.17. The van der Waals surface area contributed by atoms with Crippen molar-refractivity contribution >= 4 is 31.6 Å². The number of nitrogens with one attached hydrogen (secondary N) is 1. The van der Waals surface area contributed by atoms with Crippen LogP contribution >= 0.6 is 15.9 Å². The molecule has 0 bridgehead atoms. The Bertz CT molecular complexity index is 758. The summed E-state index contributed by atoms with van der Waals surface area (Å²) >= 11 is 3.27. The van der Waals surface area contributed by atoms with Gasteiger partial charge in [-0.1, -0.05) is 5.16 Å². The van der Waals surface area contributed by atoms with Gasteiger partial charge in [-0.2, -0.15) is 4.98 Å². The van der Waals surface area contributed by atoms with Gasteiger partial charge in [-0.25, -0.2) is 13.1 Å². The first kappa shape index (κ1) is 15.9. The Morgan fingerprint density at radius 1 is 1.38 bits per heavy atom. The molecule has 2 aromatic rings. The summed E-state index contributed by atoms with van der Waals surface area (Å²) < 4.78 is 32.5. The first-order valence-electron chi connectivity index (χ1n) is 6.14. The van der Waals surface area contributed by atoms with Crippen molar-refractivity contribution in [2.24, 2.45) is 0 Å². The van der Waals surface area contributed by atoms with E-state index in [2.05, 4.69) is 30.8 Å². The van der Waals surface area contributed by atoms with Gasteiger partial charge in [0.15, 0.2) is 5.82 Å². The molecule has 0 aliphatic rings. The van der Waals surface area contributed by atoms with E-state index in [-0.39, 0.29) is 11.4 Å². The number of benzene rings is 1. The number of nitrogens with zero attached hydrogens (tertiary/aromatic N) is 2. The minimum atomic E-state index is -3.63. The third-order valence-corrected chi connectivity index (χ3v) is 5.08. The highest BCUT2D eigenvalue weighted by molar-refractivity contribution is 9.10. The number of nitrogens with two attached hydrogens (primary N) is 1. The van der Waals surface area contributed by atoms with E-state index in [4.69, 9.17) is 10.3 Å². The Morgan fingerprint density at radius 2 is 2.10 bits per heavy atom. The molecule has 0 spiro atoms. The van der Waals surface area contributed by atoms with Gasteiger partial charge in [-0.15, -0.1) is 0 Å². The van der Waals surface area contributed by atoms with Gasteiger partial charge >= 0.3 is 0 Å². The van der Waals surface area contributed by atoms with Gasteiger partial charge in [0.1, 0.15) is 0 Å². The zero-order valence-corrected chi connectivity index (χ0v) is 14.0. The lowest BCUT2D eigenvalue weighted by Crippen LogP contribution is -2.27. The van der Waals surface area contributed by atoms with E-state index < -0.39 is 10.0 Å². The molecule has 7 nitrogen and oxygen atoms in total. The second-order valence-electron chi connectivity index (χ2n) is 4.52. The van der Waals surface area contributed by atoms with Crippen molar-refractivity contribution in [3.05, 3.63) is 33.9 Å². The summed E-state index contributed by atoms with van der Waals surface area (Å²) in [6.07, 6.45) is 0.349. The molecule has 0 unspecified atom stereocenters. The van der Waals surface area contributed by atoms with E-state index in [9.17, 15) is 8.42 Å². The SMILES string of the molecule is Cc1nc(CCNS(=O)(=O)c2cc(N)c(Br)cc2C)no1. The highest BCUT2D eigenvalue weighted by atomic mass is 79.9. The van der Waals surface area contributed by atoms with Crippen LogP contribution in [0.2, 0.25) is 0 Å². The number of hydrogen-bond donors (Lipinski definition) is 2. The van der Waals surface area contributed by atoms with Crippen molar-refractivity contribution in [2.75, 3.05) is 12.3 Å². The van der Waals surface area contributed by atoms with Crippen LogP contribution < -0.4 is 10.5 Å². The number of aryl methyl sites for hydroxylation is 2. The van der Waals surface area contributed by atoms with Gasteiger partial charge in [-0.3, -0.25) is 0 Å². The van der Waals surface area contributed by atoms with Gasteiger partial charge in [0, 0.05) is 30.0 Å². The molecule has 114 valence electrons. The number of sulfonamides is 1. The Hall–Kier alpha value is -1.45. The number of halogens is 1. The van der Waals surface area contributed by atoms with Crippen molar-refractivity contribution in [3.8, 4) is 0 Å². The van der Waals surface area contributed by atoms with Gasteiger partial charge in [0.25, 0.3) is 0 Å². The largest absolute Gasteiger partial charge is 0.398 e. The monoisotopic (exact) mass is 374 g/mol. The number of rotatable bonds is 5. The molecule has 0 fully saturated rings. The molecule has 1 aromatic carbocycles. The second-order valence-corrected chi connectivity index (χ2v) is 7.11. The summed E-state index contributed by atoms with van der Waals surface area (Å²) in [5, 5.41) is 3.70. The van der Waals surface area contributed by atoms with Crippen LogP contribution in [0.25, 0.3) is 0 Å². The molecule has 3 N–H and O–H groups in total. The lowest BCUT2D eigenvalue weighted by molar-refractivity contribution is 0.387. The molecule has 0 saturated heterocycles. The maximum atomic E-state index is 12.3. The number of anilines is 1. The van der Waals surface area contributed by atoms with Gasteiger partial charge in [-0.05, 0) is 40.5 Å². The normalized spacial score (nSPS) is 11.8. The maximum absolute atomic E-state index is 12.3. The van der Waals surface area contributed by atoms with Crippen molar-refractivity contribution in [1.82, 2.24) is 14.9 Å². The van der Waals surface area contributed by atoms with E-state index in [1.165, 1.54) is 6.07 Å². The Morgan fingerprint density at radius 3 is 2.71 bits per heavy atom. The fourth-order valence-corrected chi connectivity index (χ4v) is 3.52. The molecule has 1 heterocycles. The molecule has 0 aliphatic heterocycles. The Kier molecular flexibility index (Phi) is 4.64. The summed E-state index contributed by atoms with van der Waals surface area (Å²) in [6, 6.07) is 3.10. The highest BCUT2D eigenvalue weighted by Gasteiger charge is 2.18. The molecular weight excluding hydrogens is 360 g/mol. The van der Waals surface area contributed by atoms with Crippen LogP contribution in [0.3, 0.4) is 0 Å². The molecule has 0 aliphatic carbocycles. The van der Waals surface area contributed by atoms with Gasteiger partial charge in [0.2, 0.25) is 15.9 Å². The zero-order valence-electron chi connectivity index (χ0n) is 11.6. The third-order valence-electron chi connectivity index (χ3n) is 2.79. The van der Waals surface area contributed by atoms with Crippen LogP contribution in [0.15, 0.2) is 26.0 Å². The Balaban J connectivity index is 2.10. The number of aromatic nitrogens is 2. The lowest BCUT2D eigenvalue weighted by atomic mass is 10.2. The van der Waals surface area contributed by atoms with Crippen LogP contribution in [0.1, 0.15) is 17.3 Å². The van der Waals surface area contributed by atoms with E-state index in [0.29, 0.717) is 33.9 Å². The molecule has 1 aromatic heterocycles. The summed E-state index contributed by atoms with van der Waals surface area (Å²) in [5.74, 6) is 0.909. The topological polar surface area (TPSA) is 111 Å². The number of nitrogen functional groups attached to an aromatic ring is 1. The van der Waals surface area contributed by atoms with Crippen LogP contribution in [-0.4, -0.2) is 25.1 Å². The second kappa shape index (κ2) is 6.12. The molecule has 0 radical (unpaired) electrons. The Labute approximate surface area is 131 Å².